The van der Waals surface area contributed by atoms with Crippen LogP contribution in [0.15, 0.2) is 29.4 Å². The second kappa shape index (κ2) is 5.44. The molecule has 2 heterocycles. The quantitative estimate of drug-likeness (QED) is 0.372. The molecule has 2 aromatic heterocycles. The number of nitrogens with one attached hydrogen (secondary N) is 2. The van der Waals surface area contributed by atoms with Crippen LogP contribution in [0.25, 0.3) is 33.1 Å². The second-order valence-corrected chi connectivity index (χ2v) is 6.25. The molecule has 0 aliphatic rings. The van der Waals surface area contributed by atoms with Crippen LogP contribution in [-0.4, -0.2) is 15.1 Å². The van der Waals surface area contributed by atoms with Gasteiger partial charge in [0.15, 0.2) is 17.5 Å². The van der Waals surface area contributed by atoms with Gasteiger partial charge in [-0.05, 0) is 23.4 Å². The molecule has 5 nitrogen and oxygen atoms in total. The molecule has 0 radical (unpaired) electrons. The molecule has 0 saturated heterocycles. The molecule has 9 heteroatoms. The minimum absolute atomic E-state index is 0.0887. The highest BCUT2D eigenvalue weighted by Crippen LogP contribution is 2.46. The average molecular weight is 382 g/mol. The van der Waals surface area contributed by atoms with Gasteiger partial charge in [0.1, 0.15) is 5.69 Å². The van der Waals surface area contributed by atoms with Crippen molar-refractivity contribution < 1.29 is 13.9 Å². The fraction of sp³-hybridized carbons (Fsp3) is 0. The number of fused-ring (bicyclic) bond motifs is 2. The number of hydrogen-bond donors (Lipinski definition) is 3. The maximum absolute atomic E-state index is 13.5. The molecular formula is C16H7Cl2F2N3O2. The number of rotatable bonds is 2. The van der Waals surface area contributed by atoms with Crippen molar-refractivity contribution in [3.8, 4) is 17.1 Å². The first-order chi connectivity index (χ1) is 11.9. The standard InChI is InChI=1S/C16H7Cl2F2N3O2/c17-5-1-7-12(16(24)22-13(7)8(18)2-5)15-14(23-25)6-3-9(19)10(20)4-11(6)21-15/h1-4,21-22,24H. The minimum atomic E-state index is -1.11. The van der Waals surface area contributed by atoms with Gasteiger partial charge in [-0.3, -0.25) is 0 Å². The summed E-state index contributed by atoms with van der Waals surface area (Å²) in [5.74, 6) is -2.49. The Kier molecular flexibility index (Phi) is 3.45. The van der Waals surface area contributed by atoms with E-state index in [-0.39, 0.29) is 38.8 Å². The molecule has 0 atom stereocenters. The third-order valence-corrected chi connectivity index (χ3v) is 4.47. The van der Waals surface area contributed by atoms with E-state index in [9.17, 15) is 18.8 Å². The summed E-state index contributed by atoms with van der Waals surface area (Å²) in [5, 5.41) is 14.3. The maximum atomic E-state index is 13.5. The zero-order chi connectivity index (χ0) is 17.9. The summed E-state index contributed by atoms with van der Waals surface area (Å²) >= 11 is 12.1. The van der Waals surface area contributed by atoms with E-state index in [4.69, 9.17) is 23.2 Å². The molecule has 0 fully saturated rings. The van der Waals surface area contributed by atoms with Crippen molar-refractivity contribution in [3.63, 3.8) is 0 Å². The summed E-state index contributed by atoms with van der Waals surface area (Å²) in [4.78, 5) is 16.8. The molecule has 126 valence electrons. The molecule has 0 aliphatic heterocycles. The van der Waals surface area contributed by atoms with Crippen LogP contribution in [0.3, 0.4) is 0 Å². The summed E-state index contributed by atoms with van der Waals surface area (Å²) in [7, 11) is 0. The van der Waals surface area contributed by atoms with Crippen molar-refractivity contribution in [2.24, 2.45) is 5.18 Å². The van der Waals surface area contributed by atoms with Crippen LogP contribution in [0.1, 0.15) is 0 Å². The SMILES string of the molecule is O=Nc1c(-c2c(O)[nH]c3c(Cl)cc(Cl)cc23)[nH]c2cc(F)c(F)cc12. The maximum Gasteiger partial charge on any atom is 0.199 e. The Hall–Kier alpha value is -2.64. The molecule has 0 amide bonds. The van der Waals surface area contributed by atoms with Crippen molar-refractivity contribution in [2.75, 3.05) is 0 Å². The van der Waals surface area contributed by atoms with Gasteiger partial charge in [0.25, 0.3) is 0 Å². The van der Waals surface area contributed by atoms with Crippen LogP contribution in [0.5, 0.6) is 5.88 Å². The first kappa shape index (κ1) is 15.9. The fourth-order valence-electron chi connectivity index (χ4n) is 2.91. The third kappa shape index (κ3) is 2.27. The van der Waals surface area contributed by atoms with Crippen LogP contribution in [0.4, 0.5) is 14.5 Å². The third-order valence-electron chi connectivity index (χ3n) is 3.96. The lowest BCUT2D eigenvalue weighted by Crippen LogP contribution is -1.82. The molecule has 4 rings (SSSR count). The smallest absolute Gasteiger partial charge is 0.199 e. The molecule has 4 aromatic rings. The highest BCUT2D eigenvalue weighted by molar-refractivity contribution is 6.39. The van der Waals surface area contributed by atoms with Gasteiger partial charge in [-0.15, -0.1) is 4.91 Å². The predicted molar refractivity (Wildman–Crippen MR) is 92.6 cm³/mol. The molecule has 0 saturated carbocycles. The average Bonchev–Trinajstić information content (AvgIpc) is 3.04. The van der Waals surface area contributed by atoms with E-state index in [0.29, 0.717) is 15.9 Å². The van der Waals surface area contributed by atoms with E-state index >= 15 is 0 Å². The van der Waals surface area contributed by atoms with Gasteiger partial charge >= 0.3 is 0 Å². The number of H-pyrrole nitrogens is 2. The monoisotopic (exact) mass is 381 g/mol. The number of halogens is 4. The lowest BCUT2D eigenvalue weighted by molar-refractivity contribution is 0.460. The Morgan fingerprint density at radius 1 is 1.00 bits per heavy atom. The number of nitrogens with zero attached hydrogens (tertiary/aromatic N) is 1. The highest BCUT2D eigenvalue weighted by atomic mass is 35.5. The molecule has 0 aliphatic carbocycles. The van der Waals surface area contributed by atoms with E-state index in [1.165, 1.54) is 12.1 Å². The molecule has 3 N–H and O–H groups in total. The first-order valence-corrected chi connectivity index (χ1v) is 7.70. The Balaban J connectivity index is 2.13. The Morgan fingerprint density at radius 3 is 2.44 bits per heavy atom. The highest BCUT2D eigenvalue weighted by Gasteiger charge is 2.23. The normalized spacial score (nSPS) is 11.5. The van der Waals surface area contributed by atoms with Gasteiger partial charge in [-0.1, -0.05) is 23.2 Å². The molecule has 0 bridgehead atoms. The van der Waals surface area contributed by atoms with E-state index in [0.717, 1.165) is 12.1 Å². The summed E-state index contributed by atoms with van der Waals surface area (Å²) in [6.07, 6.45) is 0. The summed E-state index contributed by atoms with van der Waals surface area (Å²) in [6, 6.07) is 4.80. The molecule has 25 heavy (non-hydrogen) atoms. The van der Waals surface area contributed by atoms with Gasteiger partial charge in [0, 0.05) is 21.9 Å². The zero-order valence-electron chi connectivity index (χ0n) is 12.1. The predicted octanol–water partition coefficient (Wildman–Crippen LogP) is 6.00. The number of nitroso groups, excluding NO2 is 1. The van der Waals surface area contributed by atoms with Gasteiger partial charge in [-0.25, -0.2) is 8.78 Å². The van der Waals surface area contributed by atoms with Crippen molar-refractivity contribution >= 4 is 50.7 Å². The van der Waals surface area contributed by atoms with Crippen LogP contribution in [0.2, 0.25) is 10.0 Å². The largest absolute Gasteiger partial charge is 0.494 e. The van der Waals surface area contributed by atoms with E-state index in [1.807, 2.05) is 0 Å². The van der Waals surface area contributed by atoms with Gasteiger partial charge in [0.05, 0.1) is 27.3 Å². The number of benzene rings is 2. The number of hydrogen-bond acceptors (Lipinski definition) is 3. The van der Waals surface area contributed by atoms with E-state index in [2.05, 4.69) is 15.1 Å². The molecular weight excluding hydrogens is 375 g/mol. The lowest BCUT2D eigenvalue weighted by Gasteiger charge is -2.00. The van der Waals surface area contributed by atoms with Crippen LogP contribution < -0.4 is 0 Å². The lowest BCUT2D eigenvalue weighted by atomic mass is 10.1. The number of aromatic nitrogens is 2. The Bertz CT molecular complexity index is 1180. The van der Waals surface area contributed by atoms with E-state index in [1.54, 1.807) is 0 Å². The van der Waals surface area contributed by atoms with E-state index < -0.39 is 11.6 Å². The summed E-state index contributed by atoms with van der Waals surface area (Å²) in [6.45, 7) is 0. The van der Waals surface area contributed by atoms with Crippen LogP contribution in [-0.2, 0) is 0 Å². The number of aromatic hydroxyl groups is 1. The minimum Gasteiger partial charge on any atom is -0.494 e. The van der Waals surface area contributed by atoms with Gasteiger partial charge < -0.3 is 15.1 Å². The van der Waals surface area contributed by atoms with Crippen LogP contribution >= 0.6 is 23.2 Å². The van der Waals surface area contributed by atoms with Crippen molar-refractivity contribution in [3.05, 3.63) is 50.9 Å². The summed E-state index contributed by atoms with van der Waals surface area (Å²) < 4.78 is 27.0. The Labute approximate surface area is 148 Å². The molecule has 0 unspecified atom stereocenters. The van der Waals surface area contributed by atoms with Crippen molar-refractivity contribution in [1.82, 2.24) is 9.97 Å². The van der Waals surface area contributed by atoms with Crippen LogP contribution in [0, 0.1) is 16.5 Å². The van der Waals surface area contributed by atoms with Gasteiger partial charge in [0.2, 0.25) is 0 Å². The summed E-state index contributed by atoms with van der Waals surface area (Å²) in [5.41, 5.74) is 0.654. The number of aromatic amines is 2. The molecule has 0 spiro atoms. The topological polar surface area (TPSA) is 81.2 Å². The first-order valence-electron chi connectivity index (χ1n) is 6.95. The van der Waals surface area contributed by atoms with Crippen molar-refractivity contribution in [2.45, 2.75) is 0 Å². The van der Waals surface area contributed by atoms with Gasteiger partial charge in [-0.2, -0.15) is 0 Å². The zero-order valence-corrected chi connectivity index (χ0v) is 13.6. The second-order valence-electron chi connectivity index (χ2n) is 5.41. The fourth-order valence-corrected chi connectivity index (χ4v) is 3.45. The van der Waals surface area contributed by atoms with Crippen molar-refractivity contribution in [1.29, 1.82) is 0 Å². The molecule has 2 aromatic carbocycles. The Morgan fingerprint density at radius 2 is 1.72 bits per heavy atom.